The quantitative estimate of drug-likeness (QED) is 0.630. The highest BCUT2D eigenvalue weighted by Crippen LogP contribution is 1.92. The van der Waals surface area contributed by atoms with Gasteiger partial charge >= 0.3 is 0 Å². The van der Waals surface area contributed by atoms with Gasteiger partial charge in [-0.3, -0.25) is 4.79 Å². The summed E-state index contributed by atoms with van der Waals surface area (Å²) >= 11 is 0. The number of hydrogen-bond acceptors (Lipinski definition) is 2. The Morgan fingerprint density at radius 3 is 2.62 bits per heavy atom. The van der Waals surface area contributed by atoms with Crippen LogP contribution in [0.2, 0.25) is 0 Å². The van der Waals surface area contributed by atoms with E-state index in [1.165, 1.54) is 12.2 Å². The minimum absolute atomic E-state index is 0.138. The molecule has 2 N–H and O–H groups in total. The maximum atomic E-state index is 11.1. The van der Waals surface area contributed by atoms with Gasteiger partial charge in [-0.15, -0.1) is 0 Å². The molecule has 0 fully saturated rings. The Balaban J connectivity index is 3.67. The lowest BCUT2D eigenvalue weighted by Gasteiger charge is -2.04. The summed E-state index contributed by atoms with van der Waals surface area (Å²) in [4.78, 5) is 11.1. The smallest absolute Gasteiger partial charge is 0.243 e. The number of carbonyl (C=O) groups excluding carboxylic acids is 1. The molecule has 0 aromatic heterocycles. The first kappa shape index (κ1) is 12.2. The number of hydrogen-bond donors (Lipinski definition) is 2. The Morgan fingerprint density at radius 2 is 2.15 bits per heavy atom. The van der Waals surface area contributed by atoms with Crippen LogP contribution in [0.1, 0.15) is 27.2 Å². The maximum absolute atomic E-state index is 11.1. The van der Waals surface area contributed by atoms with Gasteiger partial charge in [0.15, 0.2) is 0 Å². The molecule has 0 heterocycles. The third-order valence-electron chi connectivity index (χ3n) is 1.57. The molecule has 0 rings (SSSR count). The van der Waals surface area contributed by atoms with Gasteiger partial charge in [0.05, 0.1) is 6.10 Å². The second kappa shape index (κ2) is 6.66. The van der Waals surface area contributed by atoms with E-state index in [0.29, 0.717) is 18.9 Å². The molecule has 13 heavy (non-hydrogen) atoms. The number of aliphatic hydroxyl groups excluding tert-OH is 1. The minimum Gasteiger partial charge on any atom is -0.389 e. The molecule has 0 aliphatic carbocycles. The fourth-order valence-electron chi connectivity index (χ4n) is 0.698. The molecule has 1 atom stereocenters. The second-order valence-corrected chi connectivity index (χ2v) is 3.47. The summed E-state index contributed by atoms with van der Waals surface area (Å²) < 4.78 is 0. The van der Waals surface area contributed by atoms with Gasteiger partial charge in [0.25, 0.3) is 0 Å². The first-order valence-corrected chi connectivity index (χ1v) is 4.70. The molecule has 3 nitrogen and oxygen atoms in total. The van der Waals surface area contributed by atoms with Gasteiger partial charge in [0.2, 0.25) is 5.91 Å². The molecule has 0 saturated carbocycles. The van der Waals surface area contributed by atoms with Crippen LogP contribution in [-0.2, 0) is 4.79 Å². The molecular weight excluding hydrogens is 166 g/mol. The van der Waals surface area contributed by atoms with Crippen molar-refractivity contribution in [3.63, 3.8) is 0 Å². The van der Waals surface area contributed by atoms with Gasteiger partial charge in [0.1, 0.15) is 0 Å². The van der Waals surface area contributed by atoms with Gasteiger partial charge in [0, 0.05) is 12.6 Å². The van der Waals surface area contributed by atoms with Gasteiger partial charge in [-0.2, -0.15) is 0 Å². The van der Waals surface area contributed by atoms with Crippen molar-refractivity contribution in [1.29, 1.82) is 0 Å². The Morgan fingerprint density at radius 1 is 1.54 bits per heavy atom. The van der Waals surface area contributed by atoms with Crippen LogP contribution in [-0.4, -0.2) is 23.7 Å². The van der Waals surface area contributed by atoms with Crippen LogP contribution in [0, 0.1) is 5.92 Å². The predicted octanol–water partition coefficient (Wildman–Crippen LogP) is 1.09. The molecule has 1 amide bonds. The van der Waals surface area contributed by atoms with Crippen LogP contribution in [0.3, 0.4) is 0 Å². The van der Waals surface area contributed by atoms with E-state index in [9.17, 15) is 4.79 Å². The normalized spacial score (nSPS) is 13.6. The van der Waals surface area contributed by atoms with Crippen LogP contribution in [0.25, 0.3) is 0 Å². The molecule has 0 spiro atoms. The van der Waals surface area contributed by atoms with Crippen molar-refractivity contribution in [1.82, 2.24) is 5.32 Å². The summed E-state index contributed by atoms with van der Waals surface area (Å²) in [6.07, 6.45) is 3.02. The van der Waals surface area contributed by atoms with E-state index in [2.05, 4.69) is 5.32 Å². The fraction of sp³-hybridized carbons (Fsp3) is 0.700. The van der Waals surface area contributed by atoms with Crippen molar-refractivity contribution in [3.05, 3.63) is 12.2 Å². The van der Waals surface area contributed by atoms with E-state index in [-0.39, 0.29) is 5.91 Å². The monoisotopic (exact) mass is 185 g/mol. The van der Waals surface area contributed by atoms with Crippen LogP contribution in [0.15, 0.2) is 12.2 Å². The highest BCUT2D eigenvalue weighted by Gasteiger charge is 1.98. The largest absolute Gasteiger partial charge is 0.389 e. The van der Waals surface area contributed by atoms with E-state index in [1.807, 2.05) is 20.8 Å². The highest BCUT2D eigenvalue weighted by molar-refractivity contribution is 5.87. The van der Waals surface area contributed by atoms with E-state index in [0.717, 1.165) is 0 Å². The number of nitrogens with one attached hydrogen (secondary N) is 1. The lowest BCUT2D eigenvalue weighted by Crippen LogP contribution is -2.25. The summed E-state index contributed by atoms with van der Waals surface area (Å²) in [6, 6.07) is 0. The van der Waals surface area contributed by atoms with Crippen LogP contribution in [0.5, 0.6) is 0 Å². The number of amides is 1. The first-order chi connectivity index (χ1) is 6.06. The molecule has 76 valence electrons. The third kappa shape index (κ3) is 7.53. The molecule has 0 radical (unpaired) electrons. The van der Waals surface area contributed by atoms with E-state index in [4.69, 9.17) is 5.11 Å². The van der Waals surface area contributed by atoms with E-state index in [1.54, 1.807) is 0 Å². The molecule has 0 bridgehead atoms. The molecule has 0 aliphatic heterocycles. The summed E-state index contributed by atoms with van der Waals surface area (Å²) in [5, 5.41) is 11.8. The average molecular weight is 185 g/mol. The molecule has 0 aromatic rings. The lowest BCUT2D eigenvalue weighted by molar-refractivity contribution is -0.116. The molecule has 3 heteroatoms. The zero-order chi connectivity index (χ0) is 10.3. The van der Waals surface area contributed by atoms with Crippen molar-refractivity contribution in [2.24, 2.45) is 5.92 Å². The molecule has 0 aliphatic rings. The van der Waals surface area contributed by atoms with Crippen LogP contribution >= 0.6 is 0 Å². The Labute approximate surface area is 79.8 Å². The zero-order valence-corrected chi connectivity index (χ0v) is 8.58. The van der Waals surface area contributed by atoms with Crippen LogP contribution < -0.4 is 5.32 Å². The maximum Gasteiger partial charge on any atom is 0.243 e. The first-order valence-electron chi connectivity index (χ1n) is 4.70. The van der Waals surface area contributed by atoms with E-state index >= 15 is 0 Å². The highest BCUT2D eigenvalue weighted by atomic mass is 16.3. The topological polar surface area (TPSA) is 49.3 Å². The number of rotatable bonds is 5. The van der Waals surface area contributed by atoms with Crippen molar-refractivity contribution < 1.29 is 9.90 Å². The summed E-state index contributed by atoms with van der Waals surface area (Å²) in [5.41, 5.74) is 0. The minimum atomic E-state index is -0.509. The standard InChI is InChI=1S/C10H19NO2/c1-4-9(12)5-6-10(13)11-7-8(2)3/h5-6,8-9,12H,4,7H2,1-3H3,(H,11,13)/b6-5+/t9-/m0/s1. The SMILES string of the molecule is CC[C@H](O)/C=C/C(=O)NCC(C)C. The third-order valence-corrected chi connectivity index (χ3v) is 1.57. The van der Waals surface area contributed by atoms with Crippen molar-refractivity contribution in [2.75, 3.05) is 6.54 Å². The molecule has 0 aromatic carbocycles. The molecule has 0 unspecified atom stereocenters. The number of aliphatic hydroxyl groups is 1. The van der Waals surface area contributed by atoms with Gasteiger partial charge in [-0.1, -0.05) is 26.8 Å². The lowest BCUT2D eigenvalue weighted by atomic mass is 10.2. The summed E-state index contributed by atoms with van der Waals surface area (Å²) in [5.74, 6) is 0.314. The second-order valence-electron chi connectivity index (χ2n) is 3.47. The van der Waals surface area contributed by atoms with E-state index < -0.39 is 6.10 Å². The Kier molecular flexibility index (Phi) is 6.24. The van der Waals surface area contributed by atoms with Gasteiger partial charge < -0.3 is 10.4 Å². The Bertz CT molecular complexity index is 176. The Hall–Kier alpha value is -0.830. The summed E-state index contributed by atoms with van der Waals surface area (Å²) in [6.45, 7) is 6.60. The molecule has 0 saturated heterocycles. The summed E-state index contributed by atoms with van der Waals surface area (Å²) in [7, 11) is 0. The van der Waals surface area contributed by atoms with Gasteiger partial charge in [-0.05, 0) is 12.3 Å². The van der Waals surface area contributed by atoms with Crippen molar-refractivity contribution in [3.8, 4) is 0 Å². The van der Waals surface area contributed by atoms with Crippen molar-refractivity contribution in [2.45, 2.75) is 33.3 Å². The molecular formula is C10H19NO2. The van der Waals surface area contributed by atoms with Gasteiger partial charge in [-0.25, -0.2) is 0 Å². The fourth-order valence-corrected chi connectivity index (χ4v) is 0.698. The average Bonchev–Trinajstić information content (AvgIpc) is 2.10. The van der Waals surface area contributed by atoms with Crippen LogP contribution in [0.4, 0.5) is 0 Å². The number of carbonyl (C=O) groups is 1. The predicted molar refractivity (Wildman–Crippen MR) is 53.3 cm³/mol. The van der Waals surface area contributed by atoms with Crippen molar-refractivity contribution >= 4 is 5.91 Å². The zero-order valence-electron chi connectivity index (χ0n) is 8.58.